The predicted molar refractivity (Wildman–Crippen MR) is 67.0 cm³/mol. The normalized spacial score (nSPS) is 10.2. The molecule has 0 fully saturated rings. The van der Waals surface area contributed by atoms with E-state index >= 15 is 0 Å². The lowest BCUT2D eigenvalue weighted by atomic mass is 10.2. The summed E-state index contributed by atoms with van der Waals surface area (Å²) in [6.45, 7) is 3.06. The van der Waals surface area contributed by atoms with Gasteiger partial charge in [-0.1, -0.05) is 26.2 Å². The number of aromatic nitrogens is 3. The summed E-state index contributed by atoms with van der Waals surface area (Å²) in [5.41, 5.74) is 0. The highest BCUT2D eigenvalue weighted by molar-refractivity contribution is 6.28. The van der Waals surface area contributed by atoms with E-state index in [1.807, 2.05) is 0 Å². The number of nitrogens with one attached hydrogen (secondary N) is 2. The fraction of sp³-hybridized carbons (Fsp3) is 0.700. The van der Waals surface area contributed by atoms with E-state index in [2.05, 4.69) is 32.5 Å². The van der Waals surface area contributed by atoms with Gasteiger partial charge in [-0.15, -0.1) is 0 Å². The average Bonchev–Trinajstić information content (AvgIpc) is 2.28. The van der Waals surface area contributed by atoms with Gasteiger partial charge in [-0.05, 0) is 18.0 Å². The van der Waals surface area contributed by atoms with Gasteiger partial charge in [-0.3, -0.25) is 0 Å². The first kappa shape index (κ1) is 13.0. The molecule has 0 aromatic carbocycles. The molecule has 16 heavy (non-hydrogen) atoms. The summed E-state index contributed by atoms with van der Waals surface area (Å²) in [5.74, 6) is 1.01. The second kappa shape index (κ2) is 7.22. The molecule has 5 nitrogen and oxygen atoms in total. The van der Waals surface area contributed by atoms with Gasteiger partial charge in [-0.25, -0.2) is 0 Å². The quantitative estimate of drug-likeness (QED) is 0.721. The molecule has 1 rings (SSSR count). The highest BCUT2D eigenvalue weighted by Gasteiger charge is 2.02. The third-order valence-corrected chi connectivity index (χ3v) is 2.31. The summed E-state index contributed by atoms with van der Waals surface area (Å²) < 4.78 is 0. The SMILES string of the molecule is CCCCCCNc1nc(Cl)nc(NC)n1. The summed E-state index contributed by atoms with van der Waals surface area (Å²) in [6, 6.07) is 0. The highest BCUT2D eigenvalue weighted by atomic mass is 35.5. The summed E-state index contributed by atoms with van der Waals surface area (Å²) in [6.07, 6.45) is 4.84. The fourth-order valence-electron chi connectivity index (χ4n) is 1.29. The third-order valence-electron chi connectivity index (χ3n) is 2.15. The third kappa shape index (κ3) is 4.61. The van der Waals surface area contributed by atoms with Gasteiger partial charge in [0.05, 0.1) is 0 Å². The first-order valence-electron chi connectivity index (χ1n) is 5.59. The van der Waals surface area contributed by atoms with Gasteiger partial charge in [0.15, 0.2) is 0 Å². The summed E-state index contributed by atoms with van der Waals surface area (Å²) in [4.78, 5) is 12.0. The Kier molecular flexibility index (Phi) is 5.85. The van der Waals surface area contributed by atoms with Crippen molar-refractivity contribution in [2.24, 2.45) is 0 Å². The Bertz CT molecular complexity index is 318. The van der Waals surface area contributed by atoms with Crippen LogP contribution < -0.4 is 10.6 Å². The van der Waals surface area contributed by atoms with Crippen molar-refractivity contribution >= 4 is 23.5 Å². The molecule has 1 aromatic rings. The molecular weight excluding hydrogens is 226 g/mol. The Balaban J connectivity index is 2.38. The minimum absolute atomic E-state index is 0.204. The second-order valence-electron chi connectivity index (χ2n) is 3.49. The van der Waals surface area contributed by atoms with Crippen LogP contribution in [0, 0.1) is 0 Å². The van der Waals surface area contributed by atoms with E-state index in [1.165, 1.54) is 19.3 Å². The monoisotopic (exact) mass is 243 g/mol. The molecule has 0 saturated heterocycles. The molecule has 0 aliphatic carbocycles. The summed E-state index contributed by atoms with van der Waals surface area (Å²) >= 11 is 5.75. The van der Waals surface area contributed by atoms with Gasteiger partial charge in [0.2, 0.25) is 17.2 Å². The van der Waals surface area contributed by atoms with Crippen molar-refractivity contribution in [2.45, 2.75) is 32.6 Å². The first-order valence-corrected chi connectivity index (χ1v) is 5.97. The molecule has 0 atom stereocenters. The second-order valence-corrected chi connectivity index (χ2v) is 3.83. The van der Waals surface area contributed by atoms with Crippen molar-refractivity contribution < 1.29 is 0 Å². The van der Waals surface area contributed by atoms with Gasteiger partial charge < -0.3 is 10.6 Å². The van der Waals surface area contributed by atoms with Crippen LogP contribution in [-0.2, 0) is 0 Å². The first-order chi connectivity index (χ1) is 7.76. The number of unbranched alkanes of at least 4 members (excludes halogenated alkanes) is 3. The zero-order valence-corrected chi connectivity index (χ0v) is 10.5. The maximum atomic E-state index is 5.75. The van der Waals surface area contributed by atoms with Gasteiger partial charge in [-0.2, -0.15) is 15.0 Å². The van der Waals surface area contributed by atoms with Crippen molar-refractivity contribution in [3.8, 4) is 0 Å². The van der Waals surface area contributed by atoms with Gasteiger partial charge in [0.25, 0.3) is 0 Å². The van der Waals surface area contributed by atoms with Crippen LogP contribution in [0.3, 0.4) is 0 Å². The smallest absolute Gasteiger partial charge is 0.228 e. The molecule has 0 saturated carbocycles. The van der Waals surface area contributed by atoms with Crippen molar-refractivity contribution in [1.82, 2.24) is 15.0 Å². The molecule has 0 bridgehead atoms. The van der Waals surface area contributed by atoms with E-state index in [4.69, 9.17) is 11.6 Å². The van der Waals surface area contributed by atoms with E-state index in [0.717, 1.165) is 13.0 Å². The van der Waals surface area contributed by atoms with E-state index in [9.17, 15) is 0 Å². The molecule has 1 aromatic heterocycles. The Morgan fingerprint density at radius 3 is 2.50 bits per heavy atom. The molecule has 0 amide bonds. The number of rotatable bonds is 7. The molecule has 2 N–H and O–H groups in total. The van der Waals surface area contributed by atoms with Crippen LogP contribution in [0.1, 0.15) is 32.6 Å². The van der Waals surface area contributed by atoms with Gasteiger partial charge in [0.1, 0.15) is 0 Å². The van der Waals surface area contributed by atoms with Crippen LogP contribution in [0.25, 0.3) is 0 Å². The van der Waals surface area contributed by atoms with Crippen LogP contribution in [0.5, 0.6) is 0 Å². The Morgan fingerprint density at radius 2 is 1.81 bits per heavy atom. The van der Waals surface area contributed by atoms with Crippen molar-refractivity contribution in [2.75, 3.05) is 24.2 Å². The van der Waals surface area contributed by atoms with Crippen LogP contribution in [0.4, 0.5) is 11.9 Å². The summed E-state index contributed by atoms with van der Waals surface area (Å²) in [5, 5.41) is 6.17. The molecule has 0 aliphatic rings. The highest BCUT2D eigenvalue weighted by Crippen LogP contribution is 2.09. The average molecular weight is 244 g/mol. The standard InChI is InChI=1S/C10H18ClN5/c1-3-4-5-6-7-13-10-15-8(11)14-9(12-2)16-10/h3-7H2,1-2H3,(H2,12,13,14,15,16). The lowest BCUT2D eigenvalue weighted by Gasteiger charge is -2.05. The molecule has 6 heteroatoms. The molecule has 0 radical (unpaired) electrons. The molecule has 1 heterocycles. The number of nitrogens with zero attached hydrogens (tertiary/aromatic N) is 3. The van der Waals surface area contributed by atoms with Gasteiger partial charge in [0, 0.05) is 13.6 Å². The van der Waals surface area contributed by atoms with E-state index < -0.39 is 0 Å². The van der Waals surface area contributed by atoms with Crippen LogP contribution in [0.2, 0.25) is 5.28 Å². The predicted octanol–water partition coefficient (Wildman–Crippen LogP) is 2.56. The lowest BCUT2D eigenvalue weighted by Crippen LogP contribution is -2.08. The van der Waals surface area contributed by atoms with E-state index in [1.54, 1.807) is 7.05 Å². The van der Waals surface area contributed by atoms with Crippen LogP contribution in [0.15, 0.2) is 0 Å². The lowest BCUT2D eigenvalue weighted by molar-refractivity contribution is 0.683. The maximum absolute atomic E-state index is 5.75. The molecule has 0 aliphatic heterocycles. The number of hydrogen-bond acceptors (Lipinski definition) is 5. The Morgan fingerprint density at radius 1 is 1.06 bits per heavy atom. The topological polar surface area (TPSA) is 62.7 Å². The number of halogens is 1. The number of anilines is 2. The van der Waals surface area contributed by atoms with Gasteiger partial charge >= 0.3 is 0 Å². The minimum Gasteiger partial charge on any atom is -0.357 e. The van der Waals surface area contributed by atoms with E-state index in [-0.39, 0.29) is 5.28 Å². The van der Waals surface area contributed by atoms with Crippen molar-refractivity contribution in [3.63, 3.8) is 0 Å². The van der Waals surface area contributed by atoms with Crippen molar-refractivity contribution in [3.05, 3.63) is 5.28 Å². The number of hydrogen-bond donors (Lipinski definition) is 2. The summed E-state index contributed by atoms with van der Waals surface area (Å²) in [7, 11) is 1.75. The zero-order valence-electron chi connectivity index (χ0n) is 9.76. The zero-order chi connectivity index (χ0) is 11.8. The van der Waals surface area contributed by atoms with Crippen molar-refractivity contribution in [1.29, 1.82) is 0 Å². The largest absolute Gasteiger partial charge is 0.357 e. The maximum Gasteiger partial charge on any atom is 0.228 e. The van der Waals surface area contributed by atoms with E-state index in [0.29, 0.717) is 11.9 Å². The Hall–Kier alpha value is -1.10. The van der Waals surface area contributed by atoms with Crippen LogP contribution in [-0.4, -0.2) is 28.5 Å². The molecule has 0 unspecified atom stereocenters. The Labute approximate surface area is 101 Å². The fourth-order valence-corrected chi connectivity index (χ4v) is 1.45. The minimum atomic E-state index is 0.204. The van der Waals surface area contributed by atoms with Crippen LogP contribution >= 0.6 is 11.6 Å². The molecule has 90 valence electrons. The molecule has 0 spiro atoms. The molecular formula is C10H18ClN5.